The van der Waals surface area contributed by atoms with Crippen LogP contribution in [0.15, 0.2) is 21.8 Å². The highest BCUT2D eigenvalue weighted by molar-refractivity contribution is 9.10. The first-order valence-electron chi connectivity index (χ1n) is 5.63. The minimum atomic E-state index is -0.358. The molecule has 1 heterocycles. The Bertz CT molecular complexity index is 422. The molecule has 92 valence electrons. The van der Waals surface area contributed by atoms with Crippen molar-refractivity contribution in [2.45, 2.75) is 42.4 Å². The number of nitro groups is 1. The molecule has 2 rings (SSSR count). The van der Waals surface area contributed by atoms with E-state index in [1.165, 1.54) is 25.3 Å². The van der Waals surface area contributed by atoms with Gasteiger partial charge in [-0.1, -0.05) is 31.0 Å². The molecule has 1 aliphatic carbocycles. The lowest BCUT2D eigenvalue weighted by molar-refractivity contribution is -0.388. The summed E-state index contributed by atoms with van der Waals surface area (Å²) in [6.07, 6.45) is 7.63. The average molecular weight is 317 g/mol. The van der Waals surface area contributed by atoms with Crippen molar-refractivity contribution in [3.63, 3.8) is 0 Å². The van der Waals surface area contributed by atoms with E-state index < -0.39 is 0 Å². The Morgan fingerprint density at radius 1 is 1.41 bits per heavy atom. The molecule has 1 aromatic rings. The Hall–Kier alpha value is -0.620. The van der Waals surface area contributed by atoms with E-state index in [0.717, 1.165) is 12.8 Å². The highest BCUT2D eigenvalue weighted by atomic mass is 79.9. The molecule has 0 saturated heterocycles. The molecule has 1 aromatic heterocycles. The van der Waals surface area contributed by atoms with Gasteiger partial charge < -0.3 is 0 Å². The fourth-order valence-corrected chi connectivity index (χ4v) is 3.55. The Balaban J connectivity index is 2.16. The summed E-state index contributed by atoms with van der Waals surface area (Å²) in [7, 11) is 0. The maximum Gasteiger partial charge on any atom is 0.302 e. The zero-order chi connectivity index (χ0) is 12.3. The summed E-state index contributed by atoms with van der Waals surface area (Å²) < 4.78 is 0.650. The lowest BCUT2D eigenvalue weighted by atomic mass is 10.0. The molecule has 6 heteroatoms. The number of thioether (sulfide) groups is 1. The normalized spacial score (nSPS) is 17.0. The van der Waals surface area contributed by atoms with E-state index in [1.807, 2.05) is 0 Å². The van der Waals surface area contributed by atoms with Gasteiger partial charge in [0.25, 0.3) is 0 Å². The van der Waals surface area contributed by atoms with Crippen LogP contribution in [0, 0.1) is 10.1 Å². The monoisotopic (exact) mass is 316 g/mol. The standard InChI is InChI=1S/C11H13BrN2O2S/c12-8-6-10(14(15)16)11(13-7-8)17-9-4-2-1-3-5-9/h6-7,9H,1-5H2. The van der Waals surface area contributed by atoms with Gasteiger partial charge in [0.2, 0.25) is 0 Å². The quantitative estimate of drug-likeness (QED) is 0.620. The highest BCUT2D eigenvalue weighted by Gasteiger charge is 2.22. The lowest BCUT2D eigenvalue weighted by Crippen LogP contribution is -2.08. The smallest absolute Gasteiger partial charge is 0.258 e. The Labute approximate surface area is 112 Å². The Morgan fingerprint density at radius 2 is 2.12 bits per heavy atom. The largest absolute Gasteiger partial charge is 0.302 e. The minimum Gasteiger partial charge on any atom is -0.258 e. The second-order valence-corrected chi connectivity index (χ2v) is 6.32. The molecule has 0 bridgehead atoms. The molecule has 1 fully saturated rings. The van der Waals surface area contributed by atoms with Crippen LogP contribution >= 0.6 is 27.7 Å². The topological polar surface area (TPSA) is 56.0 Å². The number of aromatic nitrogens is 1. The minimum absolute atomic E-state index is 0.106. The van der Waals surface area contributed by atoms with Gasteiger partial charge in [-0.15, -0.1) is 0 Å². The molecule has 0 atom stereocenters. The van der Waals surface area contributed by atoms with Gasteiger partial charge in [0.15, 0.2) is 5.03 Å². The van der Waals surface area contributed by atoms with E-state index in [9.17, 15) is 10.1 Å². The summed E-state index contributed by atoms with van der Waals surface area (Å²) in [5, 5.41) is 12.0. The van der Waals surface area contributed by atoms with Crippen molar-refractivity contribution in [2.75, 3.05) is 0 Å². The van der Waals surface area contributed by atoms with Gasteiger partial charge in [-0.3, -0.25) is 10.1 Å². The number of nitrogens with zero attached hydrogens (tertiary/aromatic N) is 2. The molecular formula is C11H13BrN2O2S. The van der Waals surface area contributed by atoms with Gasteiger partial charge >= 0.3 is 5.69 Å². The van der Waals surface area contributed by atoms with Crippen molar-refractivity contribution >= 4 is 33.4 Å². The number of hydrogen-bond donors (Lipinski definition) is 0. The summed E-state index contributed by atoms with van der Waals surface area (Å²) in [6, 6.07) is 1.53. The molecule has 1 aliphatic rings. The molecule has 0 amide bonds. The Kier molecular flexibility index (Phi) is 4.39. The number of halogens is 1. The summed E-state index contributed by atoms with van der Waals surface area (Å²) in [5.41, 5.74) is 0.106. The molecule has 0 radical (unpaired) electrons. The van der Waals surface area contributed by atoms with Gasteiger partial charge in [0.1, 0.15) is 0 Å². The molecule has 1 saturated carbocycles. The summed E-state index contributed by atoms with van der Waals surface area (Å²) in [4.78, 5) is 14.8. The van der Waals surface area contributed by atoms with E-state index in [0.29, 0.717) is 14.7 Å². The molecule has 17 heavy (non-hydrogen) atoms. The molecule has 0 aromatic carbocycles. The van der Waals surface area contributed by atoms with E-state index in [4.69, 9.17) is 0 Å². The van der Waals surface area contributed by atoms with Crippen LogP contribution in [0.3, 0.4) is 0 Å². The number of pyridine rings is 1. The van der Waals surface area contributed by atoms with Crippen molar-refractivity contribution in [2.24, 2.45) is 0 Å². The second-order valence-electron chi connectivity index (χ2n) is 4.11. The van der Waals surface area contributed by atoms with Crippen molar-refractivity contribution in [1.82, 2.24) is 4.98 Å². The van der Waals surface area contributed by atoms with Crippen LogP contribution in [-0.2, 0) is 0 Å². The third-order valence-corrected chi connectivity index (χ3v) is 4.60. The van der Waals surface area contributed by atoms with Crippen molar-refractivity contribution < 1.29 is 4.92 Å². The maximum absolute atomic E-state index is 10.9. The fourth-order valence-electron chi connectivity index (χ4n) is 1.98. The van der Waals surface area contributed by atoms with Gasteiger partial charge in [0.05, 0.1) is 4.92 Å². The van der Waals surface area contributed by atoms with Gasteiger partial charge in [-0.25, -0.2) is 4.98 Å². The maximum atomic E-state index is 10.9. The van der Waals surface area contributed by atoms with Crippen molar-refractivity contribution in [1.29, 1.82) is 0 Å². The number of rotatable bonds is 3. The SMILES string of the molecule is O=[N+]([O-])c1cc(Br)cnc1SC1CCCCC1. The third-order valence-electron chi connectivity index (χ3n) is 2.83. The Morgan fingerprint density at radius 3 is 2.76 bits per heavy atom. The molecule has 4 nitrogen and oxygen atoms in total. The summed E-state index contributed by atoms with van der Waals surface area (Å²) in [6.45, 7) is 0. The predicted octanol–water partition coefficient (Wildman–Crippen LogP) is 4.18. The van der Waals surface area contributed by atoms with Crippen LogP contribution in [0.5, 0.6) is 0 Å². The van der Waals surface area contributed by atoms with Crippen LogP contribution < -0.4 is 0 Å². The number of hydrogen-bond acceptors (Lipinski definition) is 4. The molecule has 0 aliphatic heterocycles. The first kappa shape index (κ1) is 12.8. The van der Waals surface area contributed by atoms with Crippen molar-refractivity contribution in [3.05, 3.63) is 26.9 Å². The van der Waals surface area contributed by atoms with E-state index in [2.05, 4.69) is 20.9 Å². The first-order chi connectivity index (χ1) is 8.16. The van der Waals surface area contributed by atoms with E-state index in [1.54, 1.807) is 18.0 Å². The zero-order valence-corrected chi connectivity index (χ0v) is 11.7. The molecular weight excluding hydrogens is 304 g/mol. The summed E-state index contributed by atoms with van der Waals surface area (Å²) in [5.74, 6) is 0. The lowest BCUT2D eigenvalue weighted by Gasteiger charge is -2.20. The molecule has 0 spiro atoms. The average Bonchev–Trinajstić information content (AvgIpc) is 2.32. The van der Waals surface area contributed by atoms with E-state index in [-0.39, 0.29) is 10.6 Å². The fraction of sp³-hybridized carbons (Fsp3) is 0.545. The van der Waals surface area contributed by atoms with Crippen LogP contribution in [0.2, 0.25) is 0 Å². The zero-order valence-electron chi connectivity index (χ0n) is 9.26. The van der Waals surface area contributed by atoms with Gasteiger partial charge in [0, 0.05) is 22.0 Å². The van der Waals surface area contributed by atoms with E-state index >= 15 is 0 Å². The highest BCUT2D eigenvalue weighted by Crippen LogP contribution is 2.37. The van der Waals surface area contributed by atoms with Crippen LogP contribution in [0.25, 0.3) is 0 Å². The summed E-state index contributed by atoms with van der Waals surface area (Å²) >= 11 is 4.77. The second kappa shape index (κ2) is 5.82. The predicted molar refractivity (Wildman–Crippen MR) is 71.3 cm³/mol. The molecule has 0 unspecified atom stereocenters. The van der Waals surface area contributed by atoms with Crippen LogP contribution in [0.1, 0.15) is 32.1 Å². The van der Waals surface area contributed by atoms with Gasteiger partial charge in [-0.2, -0.15) is 0 Å². The van der Waals surface area contributed by atoms with Crippen LogP contribution in [0.4, 0.5) is 5.69 Å². The van der Waals surface area contributed by atoms with Crippen molar-refractivity contribution in [3.8, 4) is 0 Å². The van der Waals surface area contributed by atoms with Crippen LogP contribution in [-0.4, -0.2) is 15.2 Å². The van der Waals surface area contributed by atoms with Gasteiger partial charge in [-0.05, 0) is 28.8 Å². The first-order valence-corrected chi connectivity index (χ1v) is 7.30. The molecule has 0 N–H and O–H groups in total. The third kappa shape index (κ3) is 3.42.